The highest BCUT2D eigenvalue weighted by Gasteiger charge is 2.08. The Bertz CT molecular complexity index is 688. The number of nitrogens with two attached hydrogens (primary N) is 1. The molecule has 0 unspecified atom stereocenters. The van der Waals surface area contributed by atoms with Crippen molar-refractivity contribution in [2.24, 2.45) is 5.73 Å². The van der Waals surface area contributed by atoms with Crippen molar-refractivity contribution in [3.05, 3.63) is 35.3 Å². The zero-order valence-corrected chi connectivity index (χ0v) is 14.6. The molecule has 128 valence electrons. The van der Waals surface area contributed by atoms with Gasteiger partial charge in [0.1, 0.15) is 11.5 Å². The molecule has 1 aromatic heterocycles. The Balaban J connectivity index is 1.75. The van der Waals surface area contributed by atoms with Gasteiger partial charge < -0.3 is 15.2 Å². The molecule has 3 N–H and O–H groups in total. The number of benzene rings is 1. The number of thioether (sulfide) groups is 1. The number of carbonyl (C=O) groups excluding carboxylic acids is 2. The van der Waals surface area contributed by atoms with Crippen molar-refractivity contribution in [3.63, 3.8) is 0 Å². The van der Waals surface area contributed by atoms with Crippen LogP contribution in [0.25, 0.3) is 0 Å². The molecule has 0 atom stereocenters. The molecule has 0 bridgehead atoms. The van der Waals surface area contributed by atoms with Crippen LogP contribution in [0.4, 0.5) is 5.13 Å². The summed E-state index contributed by atoms with van der Waals surface area (Å²) in [6.07, 6.45) is 0. The first-order valence-electron chi connectivity index (χ1n) is 6.94. The summed E-state index contributed by atoms with van der Waals surface area (Å²) in [4.78, 5) is 26.8. The SMILES string of the molecule is COc1ccc(OCC(=O)Nc2nc(CSCC(N)=O)cs2)cc1. The van der Waals surface area contributed by atoms with Gasteiger partial charge in [-0.1, -0.05) is 0 Å². The molecule has 24 heavy (non-hydrogen) atoms. The molecule has 2 amide bonds. The minimum Gasteiger partial charge on any atom is -0.497 e. The number of hydrogen-bond donors (Lipinski definition) is 2. The summed E-state index contributed by atoms with van der Waals surface area (Å²) in [6.45, 7) is -0.113. The summed E-state index contributed by atoms with van der Waals surface area (Å²) < 4.78 is 10.4. The minimum atomic E-state index is -0.362. The van der Waals surface area contributed by atoms with E-state index < -0.39 is 0 Å². The molecule has 0 aliphatic carbocycles. The number of ether oxygens (including phenoxy) is 2. The van der Waals surface area contributed by atoms with Gasteiger partial charge in [0.05, 0.1) is 18.6 Å². The highest BCUT2D eigenvalue weighted by atomic mass is 32.2. The number of amides is 2. The maximum absolute atomic E-state index is 11.9. The summed E-state index contributed by atoms with van der Waals surface area (Å²) in [6, 6.07) is 6.96. The second-order valence-corrected chi connectivity index (χ2v) is 6.46. The van der Waals surface area contributed by atoms with E-state index in [1.165, 1.54) is 23.1 Å². The van der Waals surface area contributed by atoms with Crippen LogP contribution in [0.15, 0.2) is 29.6 Å². The number of thiazole rings is 1. The summed E-state index contributed by atoms with van der Waals surface area (Å²) in [5.74, 6) is 1.45. The van der Waals surface area contributed by atoms with E-state index in [0.29, 0.717) is 16.6 Å². The maximum Gasteiger partial charge on any atom is 0.264 e. The highest BCUT2D eigenvalue weighted by Crippen LogP contribution is 2.20. The Morgan fingerprint density at radius 3 is 2.67 bits per heavy atom. The lowest BCUT2D eigenvalue weighted by Gasteiger charge is -2.06. The third kappa shape index (κ3) is 6.09. The number of carbonyl (C=O) groups is 2. The van der Waals surface area contributed by atoms with Crippen molar-refractivity contribution in [2.45, 2.75) is 5.75 Å². The fourth-order valence-corrected chi connectivity index (χ4v) is 3.16. The van der Waals surface area contributed by atoms with Gasteiger partial charge in [0, 0.05) is 11.1 Å². The topological polar surface area (TPSA) is 104 Å². The molecule has 9 heteroatoms. The number of methoxy groups -OCH3 is 1. The van der Waals surface area contributed by atoms with E-state index in [9.17, 15) is 9.59 Å². The zero-order chi connectivity index (χ0) is 17.4. The third-order valence-electron chi connectivity index (χ3n) is 2.72. The summed E-state index contributed by atoms with van der Waals surface area (Å²) >= 11 is 2.70. The predicted molar refractivity (Wildman–Crippen MR) is 94.6 cm³/mol. The molecular weight excluding hydrogens is 350 g/mol. The van der Waals surface area contributed by atoms with E-state index in [1.807, 2.05) is 5.38 Å². The van der Waals surface area contributed by atoms with Gasteiger partial charge in [-0.15, -0.1) is 23.1 Å². The molecule has 7 nitrogen and oxygen atoms in total. The first kappa shape index (κ1) is 18.1. The average Bonchev–Trinajstić information content (AvgIpc) is 3.00. The summed E-state index contributed by atoms with van der Waals surface area (Å²) in [7, 11) is 1.58. The molecule has 2 aromatic rings. The van der Waals surface area contributed by atoms with Crippen LogP contribution in [0.1, 0.15) is 5.69 Å². The van der Waals surface area contributed by atoms with Gasteiger partial charge in [-0.25, -0.2) is 4.98 Å². The maximum atomic E-state index is 11.9. The Labute approximate surface area is 147 Å². The molecule has 0 saturated carbocycles. The molecule has 0 spiro atoms. The zero-order valence-electron chi connectivity index (χ0n) is 13.0. The Morgan fingerprint density at radius 1 is 1.29 bits per heavy atom. The monoisotopic (exact) mass is 367 g/mol. The van der Waals surface area contributed by atoms with Gasteiger partial charge in [0.25, 0.3) is 5.91 Å². The van der Waals surface area contributed by atoms with Gasteiger partial charge in [-0.2, -0.15) is 0 Å². The number of nitrogens with one attached hydrogen (secondary N) is 1. The smallest absolute Gasteiger partial charge is 0.264 e. The Morgan fingerprint density at radius 2 is 2.00 bits per heavy atom. The van der Waals surface area contributed by atoms with Gasteiger partial charge in [0.2, 0.25) is 5.91 Å². The molecular formula is C15H17N3O4S2. The van der Waals surface area contributed by atoms with E-state index in [-0.39, 0.29) is 24.2 Å². The van der Waals surface area contributed by atoms with Crippen molar-refractivity contribution in [3.8, 4) is 11.5 Å². The number of rotatable bonds is 9. The van der Waals surface area contributed by atoms with E-state index >= 15 is 0 Å². The third-order valence-corrected chi connectivity index (χ3v) is 4.52. The molecule has 0 aliphatic rings. The molecule has 0 radical (unpaired) electrons. The quantitative estimate of drug-likeness (QED) is 0.701. The standard InChI is InChI=1S/C15H17N3O4S2/c1-21-11-2-4-12(5-3-11)22-6-14(20)18-15-17-10(8-24-15)7-23-9-13(16)19/h2-5,8H,6-7,9H2,1H3,(H2,16,19)(H,17,18,20). The first-order valence-corrected chi connectivity index (χ1v) is 8.97. The Hall–Kier alpha value is -2.26. The molecule has 1 heterocycles. The van der Waals surface area contributed by atoms with Crippen molar-refractivity contribution >= 4 is 40.0 Å². The molecule has 1 aromatic carbocycles. The fraction of sp³-hybridized carbons (Fsp3) is 0.267. The predicted octanol–water partition coefficient (Wildman–Crippen LogP) is 1.89. The van der Waals surface area contributed by atoms with Gasteiger partial charge in [0.15, 0.2) is 11.7 Å². The van der Waals surface area contributed by atoms with Crippen LogP contribution < -0.4 is 20.5 Å². The lowest BCUT2D eigenvalue weighted by atomic mass is 10.3. The van der Waals surface area contributed by atoms with Crippen LogP contribution in [0.5, 0.6) is 11.5 Å². The second kappa shape index (κ2) is 9.14. The molecule has 0 aliphatic heterocycles. The van der Waals surface area contributed by atoms with Crippen LogP contribution in [0.2, 0.25) is 0 Å². The minimum absolute atomic E-state index is 0.113. The van der Waals surface area contributed by atoms with Crippen LogP contribution in [0, 0.1) is 0 Å². The lowest BCUT2D eigenvalue weighted by Crippen LogP contribution is -2.20. The largest absolute Gasteiger partial charge is 0.497 e. The van der Waals surface area contributed by atoms with Gasteiger partial charge in [-0.05, 0) is 24.3 Å². The Kier molecular flexibility index (Phi) is 6.89. The number of primary amides is 1. The van der Waals surface area contributed by atoms with E-state index in [1.54, 1.807) is 31.4 Å². The molecule has 0 saturated heterocycles. The second-order valence-electron chi connectivity index (χ2n) is 4.62. The number of aromatic nitrogens is 1. The van der Waals surface area contributed by atoms with Crippen LogP contribution in [0.3, 0.4) is 0 Å². The number of nitrogens with zero attached hydrogens (tertiary/aromatic N) is 1. The van der Waals surface area contributed by atoms with Gasteiger partial charge >= 0.3 is 0 Å². The van der Waals surface area contributed by atoms with Crippen molar-refractivity contribution in [1.29, 1.82) is 0 Å². The van der Waals surface area contributed by atoms with E-state index in [4.69, 9.17) is 15.2 Å². The molecule has 0 fully saturated rings. The first-order chi connectivity index (χ1) is 11.6. The van der Waals surface area contributed by atoms with E-state index in [0.717, 1.165) is 11.4 Å². The number of anilines is 1. The summed E-state index contributed by atoms with van der Waals surface area (Å²) in [5.41, 5.74) is 5.86. The van der Waals surface area contributed by atoms with E-state index in [2.05, 4.69) is 10.3 Å². The number of hydrogen-bond acceptors (Lipinski definition) is 7. The normalized spacial score (nSPS) is 10.2. The van der Waals surface area contributed by atoms with Crippen molar-refractivity contribution in [1.82, 2.24) is 4.98 Å². The molecule has 2 rings (SSSR count). The van der Waals surface area contributed by atoms with Crippen LogP contribution >= 0.6 is 23.1 Å². The lowest BCUT2D eigenvalue weighted by molar-refractivity contribution is -0.118. The van der Waals surface area contributed by atoms with Crippen molar-refractivity contribution < 1.29 is 19.1 Å². The van der Waals surface area contributed by atoms with Crippen LogP contribution in [-0.2, 0) is 15.3 Å². The summed E-state index contributed by atoms with van der Waals surface area (Å²) in [5, 5.41) is 4.99. The fourth-order valence-electron chi connectivity index (χ4n) is 1.66. The van der Waals surface area contributed by atoms with Crippen molar-refractivity contribution in [2.75, 3.05) is 24.8 Å². The highest BCUT2D eigenvalue weighted by molar-refractivity contribution is 7.99. The average molecular weight is 367 g/mol. The van der Waals surface area contributed by atoms with Crippen LogP contribution in [-0.4, -0.2) is 36.3 Å². The van der Waals surface area contributed by atoms with Gasteiger partial charge in [-0.3, -0.25) is 14.9 Å².